The van der Waals surface area contributed by atoms with E-state index in [1.165, 1.54) is 12.8 Å². The normalized spacial score (nSPS) is 22.3. The summed E-state index contributed by atoms with van der Waals surface area (Å²) in [5.41, 5.74) is 0.691. The summed E-state index contributed by atoms with van der Waals surface area (Å²) in [6.07, 6.45) is 4.65. The van der Waals surface area contributed by atoms with Gasteiger partial charge in [0.1, 0.15) is 5.75 Å². The van der Waals surface area contributed by atoms with Crippen LogP contribution in [0.15, 0.2) is 24.3 Å². The second-order valence-corrected chi connectivity index (χ2v) is 5.80. The molecule has 1 aromatic carbocycles. The van der Waals surface area contributed by atoms with Crippen LogP contribution in [0.1, 0.15) is 36.0 Å². The maximum Gasteiger partial charge on any atom is 0.251 e. The third-order valence-electron chi connectivity index (χ3n) is 3.89. The largest absolute Gasteiger partial charge is 0.493 e. The van der Waals surface area contributed by atoms with E-state index >= 15 is 0 Å². The van der Waals surface area contributed by atoms with Crippen molar-refractivity contribution in [1.82, 2.24) is 10.6 Å². The zero-order valence-corrected chi connectivity index (χ0v) is 11.7. The summed E-state index contributed by atoms with van der Waals surface area (Å²) in [7, 11) is 0. The van der Waals surface area contributed by atoms with Gasteiger partial charge in [-0.1, -0.05) is 6.07 Å². The molecule has 2 aliphatic rings. The van der Waals surface area contributed by atoms with Crippen molar-refractivity contribution in [2.24, 2.45) is 5.92 Å². The van der Waals surface area contributed by atoms with Crippen molar-refractivity contribution in [2.75, 3.05) is 19.7 Å². The molecule has 3 rings (SSSR count). The Kier molecular flexibility index (Phi) is 4.21. The fourth-order valence-electron chi connectivity index (χ4n) is 2.50. The van der Waals surface area contributed by atoms with Crippen molar-refractivity contribution in [3.05, 3.63) is 29.8 Å². The molecule has 1 atom stereocenters. The number of ether oxygens (including phenoxy) is 1. The van der Waals surface area contributed by atoms with Crippen molar-refractivity contribution in [3.63, 3.8) is 0 Å². The van der Waals surface area contributed by atoms with Gasteiger partial charge in [0, 0.05) is 24.1 Å². The molecule has 0 radical (unpaired) electrons. The molecule has 2 fully saturated rings. The van der Waals surface area contributed by atoms with Crippen LogP contribution >= 0.6 is 0 Å². The van der Waals surface area contributed by atoms with E-state index in [0.29, 0.717) is 17.5 Å². The van der Waals surface area contributed by atoms with Gasteiger partial charge in [0.15, 0.2) is 0 Å². The summed E-state index contributed by atoms with van der Waals surface area (Å²) in [5.74, 6) is 1.38. The smallest absolute Gasteiger partial charge is 0.251 e. The molecule has 4 nitrogen and oxygen atoms in total. The highest BCUT2D eigenvalue weighted by molar-refractivity contribution is 5.94. The molecular weight excluding hydrogens is 252 g/mol. The predicted octanol–water partition coefficient (Wildman–Crippen LogP) is 1.96. The average molecular weight is 274 g/mol. The first-order valence-electron chi connectivity index (χ1n) is 7.56. The number of rotatable bonds is 5. The summed E-state index contributed by atoms with van der Waals surface area (Å²) in [6.45, 7) is 2.87. The van der Waals surface area contributed by atoms with Gasteiger partial charge < -0.3 is 15.4 Å². The number of hydrogen-bond acceptors (Lipinski definition) is 3. The minimum atomic E-state index is 0.0114. The average Bonchev–Trinajstić information content (AvgIpc) is 3.30. The SMILES string of the molecule is O=C(NC1CC1)c1cccc(OC[C@H]2CCCNC2)c1. The number of carbonyl (C=O) groups is 1. The third kappa shape index (κ3) is 3.73. The van der Waals surface area contributed by atoms with Gasteiger partial charge in [0.25, 0.3) is 5.91 Å². The molecule has 108 valence electrons. The van der Waals surface area contributed by atoms with E-state index in [4.69, 9.17) is 4.74 Å². The molecule has 1 saturated heterocycles. The van der Waals surface area contributed by atoms with E-state index in [9.17, 15) is 4.79 Å². The molecule has 0 aromatic heterocycles. The molecule has 2 N–H and O–H groups in total. The lowest BCUT2D eigenvalue weighted by Gasteiger charge is -2.22. The van der Waals surface area contributed by atoms with Crippen molar-refractivity contribution < 1.29 is 9.53 Å². The van der Waals surface area contributed by atoms with Gasteiger partial charge in [-0.05, 0) is 50.4 Å². The lowest BCUT2D eigenvalue weighted by Crippen LogP contribution is -2.33. The summed E-state index contributed by atoms with van der Waals surface area (Å²) >= 11 is 0. The van der Waals surface area contributed by atoms with Crippen molar-refractivity contribution in [3.8, 4) is 5.75 Å². The van der Waals surface area contributed by atoms with Gasteiger partial charge in [-0.25, -0.2) is 0 Å². The van der Waals surface area contributed by atoms with Crippen LogP contribution in [-0.4, -0.2) is 31.6 Å². The quantitative estimate of drug-likeness (QED) is 0.863. The number of amides is 1. The van der Waals surface area contributed by atoms with Crippen LogP contribution in [0.2, 0.25) is 0 Å². The Hall–Kier alpha value is -1.55. The van der Waals surface area contributed by atoms with E-state index in [0.717, 1.165) is 38.3 Å². The van der Waals surface area contributed by atoms with E-state index in [2.05, 4.69) is 10.6 Å². The first-order valence-corrected chi connectivity index (χ1v) is 7.56. The number of piperidine rings is 1. The van der Waals surface area contributed by atoms with E-state index in [1.807, 2.05) is 24.3 Å². The van der Waals surface area contributed by atoms with Gasteiger partial charge in [0.05, 0.1) is 6.61 Å². The standard InChI is InChI=1S/C16H22N2O2/c19-16(18-14-6-7-14)13-4-1-5-15(9-13)20-11-12-3-2-8-17-10-12/h1,4-5,9,12,14,17H,2-3,6-8,10-11H2,(H,18,19)/t12-/m0/s1. The molecule has 1 aliphatic heterocycles. The van der Waals surface area contributed by atoms with Crippen LogP contribution in [0.4, 0.5) is 0 Å². The molecule has 1 aromatic rings. The number of nitrogens with one attached hydrogen (secondary N) is 2. The maximum atomic E-state index is 12.0. The van der Waals surface area contributed by atoms with Gasteiger partial charge >= 0.3 is 0 Å². The van der Waals surface area contributed by atoms with Gasteiger partial charge in [0.2, 0.25) is 0 Å². The Balaban J connectivity index is 1.54. The molecule has 4 heteroatoms. The van der Waals surface area contributed by atoms with E-state index in [1.54, 1.807) is 0 Å². The minimum absolute atomic E-state index is 0.0114. The topological polar surface area (TPSA) is 50.4 Å². The van der Waals surface area contributed by atoms with Crippen molar-refractivity contribution >= 4 is 5.91 Å². The highest BCUT2D eigenvalue weighted by Crippen LogP contribution is 2.21. The minimum Gasteiger partial charge on any atom is -0.493 e. The van der Waals surface area contributed by atoms with Crippen LogP contribution < -0.4 is 15.4 Å². The van der Waals surface area contributed by atoms with Crippen LogP contribution in [-0.2, 0) is 0 Å². The highest BCUT2D eigenvalue weighted by atomic mass is 16.5. The zero-order chi connectivity index (χ0) is 13.8. The van der Waals surface area contributed by atoms with E-state index < -0.39 is 0 Å². The lowest BCUT2D eigenvalue weighted by atomic mass is 10.0. The Morgan fingerprint density at radius 2 is 2.25 bits per heavy atom. The number of benzene rings is 1. The second kappa shape index (κ2) is 6.27. The number of carbonyl (C=O) groups excluding carboxylic acids is 1. The Morgan fingerprint density at radius 1 is 1.35 bits per heavy atom. The molecule has 1 saturated carbocycles. The first-order chi connectivity index (χ1) is 9.81. The monoisotopic (exact) mass is 274 g/mol. The summed E-state index contributed by atoms with van der Waals surface area (Å²) in [5, 5.41) is 6.38. The van der Waals surface area contributed by atoms with E-state index in [-0.39, 0.29) is 5.91 Å². The van der Waals surface area contributed by atoms with Crippen molar-refractivity contribution in [2.45, 2.75) is 31.7 Å². The molecule has 0 spiro atoms. The fourth-order valence-corrected chi connectivity index (χ4v) is 2.50. The molecule has 0 bridgehead atoms. The molecule has 20 heavy (non-hydrogen) atoms. The molecule has 0 unspecified atom stereocenters. The van der Waals surface area contributed by atoms with Crippen LogP contribution in [0.25, 0.3) is 0 Å². The molecule has 1 amide bonds. The third-order valence-corrected chi connectivity index (χ3v) is 3.89. The number of hydrogen-bond donors (Lipinski definition) is 2. The Morgan fingerprint density at radius 3 is 3.00 bits per heavy atom. The molecule has 1 heterocycles. The van der Waals surface area contributed by atoms with Crippen molar-refractivity contribution in [1.29, 1.82) is 0 Å². The Bertz CT molecular complexity index is 465. The first kappa shape index (κ1) is 13.4. The van der Waals surface area contributed by atoms with Gasteiger partial charge in [-0.2, -0.15) is 0 Å². The fraction of sp³-hybridized carbons (Fsp3) is 0.562. The molecular formula is C16H22N2O2. The highest BCUT2D eigenvalue weighted by Gasteiger charge is 2.23. The Labute approximate surface area is 119 Å². The van der Waals surface area contributed by atoms with Gasteiger partial charge in [-0.15, -0.1) is 0 Å². The van der Waals surface area contributed by atoms with Crippen LogP contribution in [0.3, 0.4) is 0 Å². The summed E-state index contributed by atoms with van der Waals surface area (Å²) in [6, 6.07) is 7.88. The maximum absolute atomic E-state index is 12.0. The molecule has 1 aliphatic carbocycles. The zero-order valence-electron chi connectivity index (χ0n) is 11.7. The van der Waals surface area contributed by atoms with Crippen LogP contribution in [0.5, 0.6) is 5.75 Å². The predicted molar refractivity (Wildman–Crippen MR) is 78.0 cm³/mol. The summed E-state index contributed by atoms with van der Waals surface area (Å²) < 4.78 is 5.84. The lowest BCUT2D eigenvalue weighted by molar-refractivity contribution is 0.0950. The summed E-state index contributed by atoms with van der Waals surface area (Å²) in [4.78, 5) is 12.0. The second-order valence-electron chi connectivity index (χ2n) is 5.80. The van der Waals surface area contributed by atoms with Crippen LogP contribution in [0, 0.1) is 5.92 Å². The van der Waals surface area contributed by atoms with Gasteiger partial charge in [-0.3, -0.25) is 4.79 Å².